The van der Waals surface area contributed by atoms with Gasteiger partial charge in [0.05, 0.1) is 23.5 Å². The molecule has 0 aliphatic carbocycles. The van der Waals surface area contributed by atoms with Crippen LogP contribution in [0.4, 0.5) is 11.8 Å². The van der Waals surface area contributed by atoms with Gasteiger partial charge in [0.15, 0.2) is 0 Å². The second kappa shape index (κ2) is 5.61. The van der Waals surface area contributed by atoms with Gasteiger partial charge in [-0.15, -0.1) is 0 Å². The van der Waals surface area contributed by atoms with Crippen LogP contribution in [-0.2, 0) is 4.74 Å². The van der Waals surface area contributed by atoms with E-state index in [0.29, 0.717) is 11.5 Å². The van der Waals surface area contributed by atoms with Crippen molar-refractivity contribution in [1.29, 1.82) is 0 Å². The molecule has 0 aliphatic rings. The van der Waals surface area contributed by atoms with Gasteiger partial charge in [-0.25, -0.2) is 4.98 Å². The Kier molecular flexibility index (Phi) is 3.64. The SMILES string of the molecule is CCC(OC)c1c(N)nc(N)nc1-c1ccc2cn[nH]c2c1. The number of nitrogens with two attached hydrogens (primary N) is 2. The van der Waals surface area contributed by atoms with E-state index in [1.807, 2.05) is 25.1 Å². The first-order valence-electron chi connectivity index (χ1n) is 7.03. The average Bonchev–Trinajstić information content (AvgIpc) is 2.97. The van der Waals surface area contributed by atoms with Crippen LogP contribution in [0.3, 0.4) is 0 Å². The fourth-order valence-corrected chi connectivity index (χ4v) is 2.62. The van der Waals surface area contributed by atoms with Crippen molar-refractivity contribution >= 4 is 22.7 Å². The number of nitrogen functional groups attached to an aromatic ring is 2. The molecule has 0 amide bonds. The first-order chi connectivity index (χ1) is 10.6. The third-order valence-corrected chi connectivity index (χ3v) is 3.69. The molecule has 7 heteroatoms. The highest BCUT2D eigenvalue weighted by atomic mass is 16.5. The number of nitrogens with one attached hydrogen (secondary N) is 1. The monoisotopic (exact) mass is 298 g/mol. The van der Waals surface area contributed by atoms with Crippen LogP contribution in [0.25, 0.3) is 22.2 Å². The van der Waals surface area contributed by atoms with Crippen LogP contribution in [0, 0.1) is 0 Å². The number of ether oxygens (including phenoxy) is 1. The van der Waals surface area contributed by atoms with Crippen molar-refractivity contribution in [2.75, 3.05) is 18.6 Å². The molecule has 2 heterocycles. The van der Waals surface area contributed by atoms with Crippen LogP contribution < -0.4 is 11.5 Å². The van der Waals surface area contributed by atoms with Crippen molar-refractivity contribution in [3.05, 3.63) is 30.0 Å². The Balaban J connectivity index is 2.23. The largest absolute Gasteiger partial charge is 0.383 e. The average molecular weight is 298 g/mol. The molecule has 1 aromatic carbocycles. The number of methoxy groups -OCH3 is 1. The Morgan fingerprint density at radius 2 is 2.09 bits per heavy atom. The molecule has 1 atom stereocenters. The lowest BCUT2D eigenvalue weighted by atomic mass is 9.99. The first kappa shape index (κ1) is 14.3. The number of aromatic nitrogens is 4. The molecule has 3 rings (SSSR count). The zero-order valence-corrected chi connectivity index (χ0v) is 12.5. The van der Waals surface area contributed by atoms with Crippen LogP contribution in [-0.4, -0.2) is 27.3 Å². The number of hydrogen-bond donors (Lipinski definition) is 3. The lowest BCUT2D eigenvalue weighted by Crippen LogP contribution is -2.11. The smallest absolute Gasteiger partial charge is 0.222 e. The number of anilines is 2. The molecular formula is C15H18N6O. The maximum atomic E-state index is 6.07. The summed E-state index contributed by atoms with van der Waals surface area (Å²) in [5, 5.41) is 8.00. The van der Waals surface area contributed by atoms with Crippen molar-refractivity contribution in [3.8, 4) is 11.3 Å². The Labute approximate surface area is 127 Å². The number of benzene rings is 1. The van der Waals surface area contributed by atoms with Gasteiger partial charge in [-0.1, -0.05) is 19.1 Å². The minimum absolute atomic E-state index is 0.145. The minimum atomic E-state index is -0.187. The van der Waals surface area contributed by atoms with Gasteiger partial charge in [-0.3, -0.25) is 5.10 Å². The van der Waals surface area contributed by atoms with Gasteiger partial charge in [0.2, 0.25) is 5.95 Å². The molecule has 0 radical (unpaired) electrons. The Hall–Kier alpha value is -2.67. The van der Waals surface area contributed by atoms with Crippen molar-refractivity contribution in [2.24, 2.45) is 0 Å². The second-order valence-corrected chi connectivity index (χ2v) is 5.03. The second-order valence-electron chi connectivity index (χ2n) is 5.03. The fraction of sp³-hybridized carbons (Fsp3) is 0.267. The predicted octanol–water partition coefficient (Wildman–Crippen LogP) is 2.28. The molecule has 0 fully saturated rings. The molecule has 114 valence electrons. The molecular weight excluding hydrogens is 280 g/mol. The van der Waals surface area contributed by atoms with Gasteiger partial charge in [0.25, 0.3) is 0 Å². The van der Waals surface area contributed by atoms with E-state index in [0.717, 1.165) is 28.5 Å². The van der Waals surface area contributed by atoms with Crippen LogP contribution in [0.1, 0.15) is 25.0 Å². The standard InChI is InChI=1S/C15H18N6O/c1-3-11(22-2)12-13(19-15(17)20-14(12)16)8-4-5-9-7-18-21-10(9)6-8/h4-7,11H,3H2,1-2H3,(H,18,21)(H4,16,17,19,20). The summed E-state index contributed by atoms with van der Waals surface area (Å²) in [6.45, 7) is 2.02. The van der Waals surface area contributed by atoms with E-state index in [-0.39, 0.29) is 12.1 Å². The summed E-state index contributed by atoms with van der Waals surface area (Å²) in [6, 6.07) is 5.90. The van der Waals surface area contributed by atoms with Crippen LogP contribution in [0.5, 0.6) is 0 Å². The minimum Gasteiger partial charge on any atom is -0.383 e. The molecule has 5 N–H and O–H groups in total. The Morgan fingerprint density at radius 3 is 2.82 bits per heavy atom. The molecule has 0 spiro atoms. The zero-order chi connectivity index (χ0) is 15.7. The highest BCUT2D eigenvalue weighted by Crippen LogP contribution is 2.34. The molecule has 22 heavy (non-hydrogen) atoms. The van der Waals surface area contributed by atoms with Gasteiger partial charge >= 0.3 is 0 Å². The van der Waals surface area contributed by atoms with Crippen LogP contribution in [0.15, 0.2) is 24.4 Å². The summed E-state index contributed by atoms with van der Waals surface area (Å²) in [7, 11) is 1.64. The quantitative estimate of drug-likeness (QED) is 0.680. The third kappa shape index (κ3) is 2.35. The van der Waals surface area contributed by atoms with E-state index in [9.17, 15) is 0 Å². The van der Waals surface area contributed by atoms with Crippen molar-refractivity contribution in [2.45, 2.75) is 19.4 Å². The van der Waals surface area contributed by atoms with E-state index in [1.54, 1.807) is 13.3 Å². The summed E-state index contributed by atoms with van der Waals surface area (Å²) in [4.78, 5) is 8.46. The van der Waals surface area contributed by atoms with Gasteiger partial charge in [-0.05, 0) is 12.5 Å². The van der Waals surface area contributed by atoms with Gasteiger partial charge < -0.3 is 16.2 Å². The number of aromatic amines is 1. The predicted molar refractivity (Wildman–Crippen MR) is 86.0 cm³/mol. The van der Waals surface area contributed by atoms with Crippen molar-refractivity contribution < 1.29 is 4.74 Å². The first-order valence-corrected chi connectivity index (χ1v) is 7.03. The summed E-state index contributed by atoms with van der Waals surface area (Å²) < 4.78 is 5.52. The molecule has 0 aliphatic heterocycles. The molecule has 1 unspecified atom stereocenters. The van der Waals surface area contributed by atoms with E-state index >= 15 is 0 Å². The maximum absolute atomic E-state index is 6.07. The van der Waals surface area contributed by atoms with E-state index in [2.05, 4.69) is 20.2 Å². The Bertz CT molecular complexity index is 809. The lowest BCUT2D eigenvalue weighted by molar-refractivity contribution is 0.101. The van der Waals surface area contributed by atoms with Gasteiger partial charge in [0, 0.05) is 23.6 Å². The number of nitrogens with zero attached hydrogens (tertiary/aromatic N) is 3. The van der Waals surface area contributed by atoms with Crippen molar-refractivity contribution in [1.82, 2.24) is 20.2 Å². The van der Waals surface area contributed by atoms with Gasteiger partial charge in [0.1, 0.15) is 5.82 Å². The number of fused-ring (bicyclic) bond motifs is 1. The number of H-pyrrole nitrogens is 1. The number of rotatable bonds is 4. The number of hydrogen-bond acceptors (Lipinski definition) is 6. The van der Waals surface area contributed by atoms with Crippen LogP contribution >= 0.6 is 0 Å². The topological polar surface area (TPSA) is 116 Å². The normalized spacial score (nSPS) is 12.6. The molecule has 0 bridgehead atoms. The van der Waals surface area contributed by atoms with E-state index < -0.39 is 0 Å². The highest BCUT2D eigenvalue weighted by molar-refractivity contribution is 5.84. The third-order valence-electron chi connectivity index (χ3n) is 3.69. The van der Waals surface area contributed by atoms with Gasteiger partial charge in [-0.2, -0.15) is 10.1 Å². The highest BCUT2D eigenvalue weighted by Gasteiger charge is 2.21. The lowest BCUT2D eigenvalue weighted by Gasteiger charge is -2.19. The summed E-state index contributed by atoms with van der Waals surface area (Å²) in [6.07, 6.45) is 2.34. The maximum Gasteiger partial charge on any atom is 0.222 e. The van der Waals surface area contributed by atoms with E-state index in [1.165, 1.54) is 0 Å². The van der Waals surface area contributed by atoms with Crippen molar-refractivity contribution in [3.63, 3.8) is 0 Å². The molecule has 7 nitrogen and oxygen atoms in total. The fourth-order valence-electron chi connectivity index (χ4n) is 2.62. The molecule has 2 aromatic heterocycles. The van der Waals surface area contributed by atoms with E-state index in [4.69, 9.17) is 16.2 Å². The molecule has 3 aromatic rings. The summed E-state index contributed by atoms with van der Waals surface area (Å²) in [5.41, 5.74) is 15.1. The summed E-state index contributed by atoms with van der Waals surface area (Å²) >= 11 is 0. The Morgan fingerprint density at radius 1 is 1.27 bits per heavy atom. The molecule has 0 saturated carbocycles. The zero-order valence-electron chi connectivity index (χ0n) is 12.5. The van der Waals surface area contributed by atoms with Crippen LogP contribution in [0.2, 0.25) is 0 Å². The summed E-state index contributed by atoms with van der Waals surface area (Å²) in [5.74, 6) is 0.493. The molecule has 0 saturated heterocycles.